The SMILES string of the molecule is O=c1oc2c(O)c(O)ccc2cc1-c1cccc(O)c1. The van der Waals surface area contributed by atoms with Crippen LogP contribution in [-0.4, -0.2) is 15.3 Å². The van der Waals surface area contributed by atoms with Gasteiger partial charge in [0.2, 0.25) is 5.75 Å². The summed E-state index contributed by atoms with van der Waals surface area (Å²) in [5, 5.41) is 29.0. The van der Waals surface area contributed by atoms with Gasteiger partial charge in [0.25, 0.3) is 0 Å². The highest BCUT2D eigenvalue weighted by Crippen LogP contribution is 2.34. The van der Waals surface area contributed by atoms with Crippen LogP contribution in [-0.2, 0) is 0 Å². The molecule has 0 atom stereocenters. The van der Waals surface area contributed by atoms with Crippen LogP contribution in [0.4, 0.5) is 0 Å². The number of hydrogen-bond donors (Lipinski definition) is 3. The first-order chi connectivity index (χ1) is 9.56. The van der Waals surface area contributed by atoms with Crippen molar-refractivity contribution in [1.29, 1.82) is 0 Å². The summed E-state index contributed by atoms with van der Waals surface area (Å²) < 4.78 is 5.05. The van der Waals surface area contributed by atoms with Crippen molar-refractivity contribution >= 4 is 11.0 Å². The van der Waals surface area contributed by atoms with Crippen molar-refractivity contribution in [2.24, 2.45) is 0 Å². The quantitative estimate of drug-likeness (QED) is 0.467. The lowest BCUT2D eigenvalue weighted by Crippen LogP contribution is -2.02. The van der Waals surface area contributed by atoms with Crippen LogP contribution in [0.2, 0.25) is 0 Å². The number of rotatable bonds is 1. The predicted octanol–water partition coefficient (Wildman–Crippen LogP) is 2.58. The van der Waals surface area contributed by atoms with Gasteiger partial charge in [-0.2, -0.15) is 0 Å². The van der Waals surface area contributed by atoms with Crippen LogP contribution in [0.3, 0.4) is 0 Å². The Bertz CT molecular complexity index is 864. The Hall–Kier alpha value is -2.95. The summed E-state index contributed by atoms with van der Waals surface area (Å²) in [5.74, 6) is -0.789. The van der Waals surface area contributed by atoms with E-state index in [2.05, 4.69) is 0 Å². The molecule has 2 aromatic carbocycles. The number of fused-ring (bicyclic) bond motifs is 1. The highest BCUT2D eigenvalue weighted by Gasteiger charge is 2.13. The lowest BCUT2D eigenvalue weighted by molar-refractivity contribution is 0.398. The molecule has 5 heteroatoms. The molecule has 20 heavy (non-hydrogen) atoms. The summed E-state index contributed by atoms with van der Waals surface area (Å²) in [6, 6.07) is 10.6. The molecule has 1 aromatic heterocycles. The Morgan fingerprint density at radius 3 is 2.50 bits per heavy atom. The zero-order chi connectivity index (χ0) is 14.3. The second-order valence-corrected chi connectivity index (χ2v) is 4.35. The van der Waals surface area contributed by atoms with Crippen LogP contribution in [0, 0.1) is 0 Å². The van der Waals surface area contributed by atoms with Crippen molar-refractivity contribution < 1.29 is 19.7 Å². The van der Waals surface area contributed by atoms with E-state index in [-0.39, 0.29) is 22.6 Å². The second-order valence-electron chi connectivity index (χ2n) is 4.35. The Kier molecular flexibility index (Phi) is 2.61. The third kappa shape index (κ3) is 1.85. The van der Waals surface area contributed by atoms with Gasteiger partial charge < -0.3 is 19.7 Å². The number of phenols is 3. The van der Waals surface area contributed by atoms with E-state index in [1.54, 1.807) is 12.1 Å². The fourth-order valence-electron chi connectivity index (χ4n) is 2.03. The molecule has 0 aliphatic heterocycles. The summed E-state index contributed by atoms with van der Waals surface area (Å²) in [4.78, 5) is 12.0. The lowest BCUT2D eigenvalue weighted by atomic mass is 10.1. The zero-order valence-corrected chi connectivity index (χ0v) is 10.2. The highest BCUT2D eigenvalue weighted by molar-refractivity contribution is 5.87. The summed E-state index contributed by atoms with van der Waals surface area (Å²) in [6.45, 7) is 0. The summed E-state index contributed by atoms with van der Waals surface area (Å²) in [6.07, 6.45) is 0. The average molecular weight is 270 g/mol. The van der Waals surface area contributed by atoms with Crippen LogP contribution in [0.15, 0.2) is 51.7 Å². The summed E-state index contributed by atoms with van der Waals surface area (Å²) in [7, 11) is 0. The van der Waals surface area contributed by atoms with Crippen molar-refractivity contribution in [3.05, 3.63) is 52.9 Å². The third-order valence-electron chi connectivity index (χ3n) is 3.01. The monoisotopic (exact) mass is 270 g/mol. The molecule has 100 valence electrons. The standard InChI is InChI=1S/C15H10O5/c16-10-3-1-2-8(6-10)11-7-9-4-5-12(17)13(18)14(9)20-15(11)19/h1-7,16-18H. The van der Waals surface area contributed by atoms with Gasteiger partial charge >= 0.3 is 5.63 Å². The minimum absolute atomic E-state index is 0.0375. The average Bonchev–Trinajstić information content (AvgIpc) is 2.43. The number of phenolic OH excluding ortho intramolecular Hbond substituents is 3. The second kappa shape index (κ2) is 4.31. The fraction of sp³-hybridized carbons (Fsp3) is 0. The molecule has 0 saturated carbocycles. The molecule has 0 aliphatic carbocycles. The smallest absolute Gasteiger partial charge is 0.344 e. The van der Waals surface area contributed by atoms with E-state index in [0.29, 0.717) is 10.9 Å². The van der Waals surface area contributed by atoms with Gasteiger partial charge in [-0.3, -0.25) is 0 Å². The molecule has 0 fully saturated rings. The third-order valence-corrected chi connectivity index (χ3v) is 3.01. The molecular formula is C15H10O5. The van der Waals surface area contributed by atoms with Crippen LogP contribution in [0.5, 0.6) is 17.2 Å². The molecule has 5 nitrogen and oxygen atoms in total. The van der Waals surface area contributed by atoms with Gasteiger partial charge in [-0.15, -0.1) is 0 Å². The molecule has 0 saturated heterocycles. The van der Waals surface area contributed by atoms with E-state index in [4.69, 9.17) is 4.42 Å². The van der Waals surface area contributed by atoms with Gasteiger partial charge in [0.15, 0.2) is 11.3 Å². The molecular weight excluding hydrogens is 260 g/mol. The molecule has 0 amide bonds. The van der Waals surface area contributed by atoms with Crippen molar-refractivity contribution in [2.75, 3.05) is 0 Å². The first-order valence-corrected chi connectivity index (χ1v) is 5.84. The molecule has 3 rings (SSSR count). The van der Waals surface area contributed by atoms with Crippen LogP contribution >= 0.6 is 0 Å². The van der Waals surface area contributed by atoms with Gasteiger partial charge in [0.05, 0.1) is 5.56 Å². The van der Waals surface area contributed by atoms with Crippen molar-refractivity contribution in [1.82, 2.24) is 0 Å². The van der Waals surface area contributed by atoms with Crippen LogP contribution in [0.1, 0.15) is 0 Å². The van der Waals surface area contributed by atoms with E-state index in [0.717, 1.165) is 0 Å². The topological polar surface area (TPSA) is 90.9 Å². The molecule has 0 radical (unpaired) electrons. The summed E-state index contributed by atoms with van der Waals surface area (Å²) >= 11 is 0. The molecule has 0 unspecified atom stereocenters. The van der Waals surface area contributed by atoms with E-state index in [9.17, 15) is 20.1 Å². The lowest BCUT2D eigenvalue weighted by Gasteiger charge is -2.05. The molecule has 0 aliphatic rings. The van der Waals surface area contributed by atoms with Gasteiger partial charge in [0, 0.05) is 5.39 Å². The van der Waals surface area contributed by atoms with Gasteiger partial charge in [-0.05, 0) is 35.9 Å². The maximum atomic E-state index is 12.0. The van der Waals surface area contributed by atoms with Crippen LogP contribution < -0.4 is 5.63 Å². The molecule has 0 bridgehead atoms. The van der Waals surface area contributed by atoms with Crippen LogP contribution in [0.25, 0.3) is 22.1 Å². The summed E-state index contributed by atoms with van der Waals surface area (Å²) in [5.41, 5.74) is 0.0367. The van der Waals surface area contributed by atoms with E-state index in [1.807, 2.05) is 0 Å². The minimum Gasteiger partial charge on any atom is -0.508 e. The van der Waals surface area contributed by atoms with Gasteiger partial charge in [-0.25, -0.2) is 4.79 Å². The first-order valence-electron chi connectivity index (χ1n) is 5.84. The highest BCUT2D eigenvalue weighted by atomic mass is 16.4. The van der Waals surface area contributed by atoms with E-state index >= 15 is 0 Å². The van der Waals surface area contributed by atoms with Crippen molar-refractivity contribution in [3.8, 4) is 28.4 Å². The van der Waals surface area contributed by atoms with Crippen molar-refractivity contribution in [3.63, 3.8) is 0 Å². The fourth-order valence-corrected chi connectivity index (χ4v) is 2.03. The zero-order valence-electron chi connectivity index (χ0n) is 10.2. The largest absolute Gasteiger partial charge is 0.508 e. The van der Waals surface area contributed by atoms with E-state index < -0.39 is 11.4 Å². The Morgan fingerprint density at radius 2 is 1.75 bits per heavy atom. The van der Waals surface area contributed by atoms with Gasteiger partial charge in [-0.1, -0.05) is 12.1 Å². The maximum absolute atomic E-state index is 12.0. The molecule has 1 heterocycles. The first kappa shape index (κ1) is 12.1. The maximum Gasteiger partial charge on any atom is 0.344 e. The Balaban J connectivity index is 2.31. The molecule has 3 N–H and O–H groups in total. The predicted molar refractivity (Wildman–Crippen MR) is 72.9 cm³/mol. The molecule has 0 spiro atoms. The normalized spacial score (nSPS) is 10.8. The Labute approximate surface area is 113 Å². The molecule has 3 aromatic rings. The Morgan fingerprint density at radius 1 is 0.950 bits per heavy atom. The number of benzene rings is 2. The minimum atomic E-state index is -0.663. The van der Waals surface area contributed by atoms with Gasteiger partial charge in [0.1, 0.15) is 5.75 Å². The van der Waals surface area contributed by atoms with Crippen molar-refractivity contribution in [2.45, 2.75) is 0 Å². The number of hydrogen-bond acceptors (Lipinski definition) is 5. The number of aromatic hydroxyl groups is 3. The van der Waals surface area contributed by atoms with E-state index in [1.165, 1.54) is 30.3 Å².